The van der Waals surface area contributed by atoms with Crippen LogP contribution in [-0.4, -0.2) is 20.9 Å². The predicted octanol–water partition coefficient (Wildman–Crippen LogP) is 4.03. The third-order valence-corrected chi connectivity index (χ3v) is 4.01. The van der Waals surface area contributed by atoms with E-state index in [4.69, 9.17) is 0 Å². The molecule has 1 rings (SSSR count). The van der Waals surface area contributed by atoms with Crippen molar-refractivity contribution in [3.05, 3.63) is 0 Å². The minimum atomic E-state index is 0.569. The van der Waals surface area contributed by atoms with Crippen molar-refractivity contribution in [1.82, 2.24) is 5.32 Å². The zero-order valence-electron chi connectivity index (χ0n) is 11.4. The van der Waals surface area contributed by atoms with Gasteiger partial charge in [0.25, 0.3) is 0 Å². The summed E-state index contributed by atoms with van der Waals surface area (Å²) in [6, 6.07) is 0. The van der Waals surface area contributed by atoms with Crippen LogP contribution >= 0.6 is 0 Å². The normalized spacial score (nSPS) is 26.1. The van der Waals surface area contributed by atoms with Crippen LogP contribution in [0.1, 0.15) is 64.7 Å². The molecule has 1 nitrogen and oxygen atoms in total. The summed E-state index contributed by atoms with van der Waals surface area (Å²) >= 11 is 0. The second-order valence-electron chi connectivity index (χ2n) is 5.73. The van der Waals surface area contributed by atoms with E-state index in [1.807, 2.05) is 7.05 Å². The van der Waals surface area contributed by atoms with Crippen LogP contribution in [-0.2, 0) is 0 Å². The van der Waals surface area contributed by atoms with Crippen LogP contribution in [0.4, 0.5) is 0 Å². The van der Waals surface area contributed by atoms with E-state index in [2.05, 4.69) is 19.5 Å². The predicted molar refractivity (Wildman–Crippen MR) is 74.4 cm³/mol. The highest BCUT2D eigenvalue weighted by atomic mass is 14.8. The first-order valence-corrected chi connectivity index (χ1v) is 7.26. The van der Waals surface area contributed by atoms with E-state index in [1.165, 1.54) is 70.7 Å². The van der Waals surface area contributed by atoms with Crippen LogP contribution in [0.15, 0.2) is 0 Å². The topological polar surface area (TPSA) is 12.0 Å². The molecule has 1 atom stereocenters. The minimum absolute atomic E-state index is 0.569. The molecule has 1 unspecified atom stereocenters. The summed E-state index contributed by atoms with van der Waals surface area (Å²) in [5.74, 6) is 0. The Morgan fingerprint density at radius 3 is 2.69 bits per heavy atom. The summed E-state index contributed by atoms with van der Waals surface area (Å²) in [6.45, 7) is 3.66. The second-order valence-corrected chi connectivity index (χ2v) is 5.73. The molecule has 0 spiro atoms. The van der Waals surface area contributed by atoms with Crippen LogP contribution in [0.2, 0.25) is 11.6 Å². The molecule has 1 radical (unpaired) electrons. The third-order valence-electron chi connectivity index (χ3n) is 4.01. The van der Waals surface area contributed by atoms with Crippen LogP contribution < -0.4 is 5.32 Å². The first kappa shape index (κ1) is 14.1. The lowest BCUT2D eigenvalue weighted by Gasteiger charge is -2.27. The number of nitrogens with one attached hydrogen (secondary N) is 1. The molecule has 0 aromatic carbocycles. The van der Waals surface area contributed by atoms with Gasteiger partial charge in [-0.25, -0.2) is 0 Å². The van der Waals surface area contributed by atoms with Gasteiger partial charge in [-0.05, 0) is 20.0 Å². The molecule has 0 aromatic heterocycles. The Balaban J connectivity index is 2.05. The van der Waals surface area contributed by atoms with Crippen LogP contribution in [0.5, 0.6) is 0 Å². The lowest BCUT2D eigenvalue weighted by atomic mass is 9.49. The molecule has 1 fully saturated rings. The molecule has 1 aliphatic rings. The van der Waals surface area contributed by atoms with Gasteiger partial charge in [-0.3, -0.25) is 0 Å². The monoisotopic (exact) mass is 222 g/mol. The van der Waals surface area contributed by atoms with Crippen molar-refractivity contribution in [3.8, 4) is 0 Å². The van der Waals surface area contributed by atoms with Crippen molar-refractivity contribution >= 4 is 7.28 Å². The van der Waals surface area contributed by atoms with Gasteiger partial charge in [0.15, 0.2) is 0 Å². The maximum absolute atomic E-state index is 3.22. The first-order chi connectivity index (χ1) is 7.77. The van der Waals surface area contributed by atoms with E-state index in [0.717, 1.165) is 0 Å². The van der Waals surface area contributed by atoms with E-state index >= 15 is 0 Å². The van der Waals surface area contributed by atoms with Gasteiger partial charge in [0.05, 0.1) is 0 Å². The molecule has 2 heteroatoms. The van der Waals surface area contributed by atoms with Gasteiger partial charge >= 0.3 is 0 Å². The number of hydrogen-bond acceptors (Lipinski definition) is 1. The maximum Gasteiger partial charge on any atom is 0.117 e. The number of unbranched alkanes of at least 4 members (excludes halogenated alkanes) is 3. The fourth-order valence-electron chi connectivity index (χ4n) is 2.81. The van der Waals surface area contributed by atoms with Crippen LogP contribution in [0.25, 0.3) is 0 Å². The van der Waals surface area contributed by atoms with Crippen molar-refractivity contribution in [2.45, 2.75) is 76.3 Å². The highest BCUT2D eigenvalue weighted by Gasteiger charge is 2.25. The standard InChI is InChI=1S/C14H29BN/c1-14(11-7-5-8-12-15-14)10-6-3-4-9-13-16-2/h16H,3-13H2,1-2H3. The van der Waals surface area contributed by atoms with Gasteiger partial charge in [0.1, 0.15) is 7.28 Å². The quantitative estimate of drug-likeness (QED) is 0.506. The Hall–Kier alpha value is 0.0249. The van der Waals surface area contributed by atoms with Crippen LogP contribution in [0.3, 0.4) is 0 Å². The Kier molecular flexibility index (Phi) is 7.19. The summed E-state index contributed by atoms with van der Waals surface area (Å²) in [5.41, 5.74) is 0. The summed E-state index contributed by atoms with van der Waals surface area (Å²) in [7, 11) is 4.66. The van der Waals surface area contributed by atoms with Crippen LogP contribution in [0, 0.1) is 0 Å². The Labute approximate surface area is 103 Å². The third kappa shape index (κ3) is 5.93. The van der Waals surface area contributed by atoms with Crippen molar-refractivity contribution in [2.24, 2.45) is 0 Å². The summed E-state index contributed by atoms with van der Waals surface area (Å²) in [4.78, 5) is 0. The van der Waals surface area contributed by atoms with E-state index in [-0.39, 0.29) is 0 Å². The average Bonchev–Trinajstić information content (AvgIpc) is 2.49. The van der Waals surface area contributed by atoms with Crippen molar-refractivity contribution < 1.29 is 0 Å². The number of hydrogen-bond donors (Lipinski definition) is 1. The minimum Gasteiger partial charge on any atom is -0.320 e. The zero-order valence-corrected chi connectivity index (χ0v) is 11.4. The zero-order chi connectivity index (χ0) is 11.7. The molecule has 0 amide bonds. The fourth-order valence-corrected chi connectivity index (χ4v) is 2.81. The van der Waals surface area contributed by atoms with E-state index in [9.17, 15) is 0 Å². The molecule has 1 N–H and O–H groups in total. The molecular weight excluding hydrogens is 193 g/mol. The van der Waals surface area contributed by atoms with Gasteiger partial charge in [-0.15, -0.1) is 0 Å². The van der Waals surface area contributed by atoms with Gasteiger partial charge < -0.3 is 5.32 Å². The smallest absolute Gasteiger partial charge is 0.117 e. The number of rotatable bonds is 7. The SMILES string of the molecule is CNCCCCCCC1(C)[B]CCCCC1. The lowest BCUT2D eigenvalue weighted by molar-refractivity contribution is 0.462. The fraction of sp³-hybridized carbons (Fsp3) is 1.00. The molecule has 0 bridgehead atoms. The molecule has 0 saturated carbocycles. The average molecular weight is 222 g/mol. The first-order valence-electron chi connectivity index (χ1n) is 7.26. The Morgan fingerprint density at radius 1 is 1.06 bits per heavy atom. The molecule has 1 saturated heterocycles. The highest BCUT2D eigenvalue weighted by molar-refractivity contribution is 6.39. The molecular formula is C14H29BN. The summed E-state index contributed by atoms with van der Waals surface area (Å²) in [6.07, 6.45) is 14.1. The maximum atomic E-state index is 3.22. The molecule has 93 valence electrons. The van der Waals surface area contributed by atoms with Gasteiger partial charge in [-0.1, -0.05) is 69.9 Å². The highest BCUT2D eigenvalue weighted by Crippen LogP contribution is 2.40. The Morgan fingerprint density at radius 2 is 1.88 bits per heavy atom. The van der Waals surface area contributed by atoms with E-state index in [0.29, 0.717) is 5.31 Å². The van der Waals surface area contributed by atoms with Gasteiger partial charge in [0, 0.05) is 0 Å². The Bertz CT molecular complexity index is 162. The molecule has 1 heterocycles. The lowest BCUT2D eigenvalue weighted by Crippen LogP contribution is -2.15. The van der Waals surface area contributed by atoms with Crippen molar-refractivity contribution in [2.75, 3.05) is 13.6 Å². The van der Waals surface area contributed by atoms with Gasteiger partial charge in [-0.2, -0.15) is 0 Å². The second kappa shape index (κ2) is 8.17. The van der Waals surface area contributed by atoms with Gasteiger partial charge in [0.2, 0.25) is 0 Å². The summed E-state index contributed by atoms with van der Waals surface area (Å²) < 4.78 is 0. The molecule has 16 heavy (non-hydrogen) atoms. The molecule has 1 aliphatic heterocycles. The van der Waals surface area contributed by atoms with E-state index in [1.54, 1.807) is 0 Å². The van der Waals surface area contributed by atoms with E-state index < -0.39 is 0 Å². The summed E-state index contributed by atoms with van der Waals surface area (Å²) in [5, 5.41) is 3.79. The molecule has 0 aromatic rings. The largest absolute Gasteiger partial charge is 0.320 e. The molecule has 0 aliphatic carbocycles. The van der Waals surface area contributed by atoms with Crippen molar-refractivity contribution in [3.63, 3.8) is 0 Å². The van der Waals surface area contributed by atoms with Crippen molar-refractivity contribution in [1.29, 1.82) is 0 Å².